The summed E-state index contributed by atoms with van der Waals surface area (Å²) in [6.45, 7) is 2.82. The number of pyridine rings is 1. The Labute approximate surface area is 191 Å². The minimum atomic E-state index is -0.891. The molecule has 0 spiro atoms. The molecule has 0 unspecified atom stereocenters. The average Bonchev–Trinajstić information content (AvgIpc) is 2.76. The number of aromatic amines is 1. The molecule has 0 amide bonds. The zero-order chi connectivity index (χ0) is 24.3. The van der Waals surface area contributed by atoms with Gasteiger partial charge in [-0.1, -0.05) is 0 Å². The quantitative estimate of drug-likeness (QED) is 0.205. The monoisotopic (exact) mass is 461 g/mol. The molecule has 0 bridgehead atoms. The molecule has 0 saturated heterocycles. The normalized spacial score (nSPS) is 15.3. The molecule has 1 atom stereocenters. The zero-order valence-corrected chi connectivity index (χ0v) is 18.5. The van der Waals surface area contributed by atoms with Crippen molar-refractivity contribution < 1.29 is 28.6 Å². The molecule has 0 saturated carbocycles. The number of hydrogen-bond acceptors (Lipinski definition) is 8. The van der Waals surface area contributed by atoms with Gasteiger partial charge in [0.25, 0.3) is 5.56 Å². The molecule has 34 heavy (non-hydrogen) atoms. The van der Waals surface area contributed by atoms with E-state index in [0.29, 0.717) is 22.2 Å². The van der Waals surface area contributed by atoms with Crippen molar-refractivity contribution in [3.8, 4) is 17.2 Å². The van der Waals surface area contributed by atoms with E-state index in [2.05, 4.69) is 4.98 Å². The number of rotatable bonds is 3. The largest absolute Gasteiger partial charge is 0.506 e. The van der Waals surface area contributed by atoms with Crippen molar-refractivity contribution in [3.05, 3.63) is 73.4 Å². The van der Waals surface area contributed by atoms with Crippen molar-refractivity contribution in [2.45, 2.75) is 26.2 Å². The summed E-state index contributed by atoms with van der Waals surface area (Å²) in [5, 5.41) is 11.7. The number of aromatic hydroxyl groups is 1. The number of nitrogens with one attached hydrogen (secondary N) is 1. The number of Topliss-reactive ketones (excluding diaryl/α,β-unsaturated/α-hetero) is 1. The molecule has 9 nitrogen and oxygen atoms in total. The third kappa shape index (κ3) is 3.16. The molecular formula is C25H19NO8. The molecule has 0 radical (unpaired) electrons. The molecule has 2 aromatic heterocycles. The highest BCUT2D eigenvalue weighted by Gasteiger charge is 2.38. The highest BCUT2D eigenvalue weighted by atomic mass is 16.5. The van der Waals surface area contributed by atoms with E-state index >= 15 is 0 Å². The van der Waals surface area contributed by atoms with Gasteiger partial charge < -0.3 is 24.0 Å². The predicted molar refractivity (Wildman–Crippen MR) is 122 cm³/mol. The average molecular weight is 461 g/mol. The Balaban J connectivity index is 1.89. The summed E-state index contributed by atoms with van der Waals surface area (Å²) in [6.07, 6.45) is -0.230. The van der Waals surface area contributed by atoms with E-state index in [1.54, 1.807) is 31.2 Å². The lowest BCUT2D eigenvalue weighted by molar-refractivity contribution is -0.135. The second-order valence-corrected chi connectivity index (χ2v) is 8.21. The van der Waals surface area contributed by atoms with Crippen LogP contribution in [0.2, 0.25) is 0 Å². The Kier molecular flexibility index (Phi) is 4.78. The molecule has 5 rings (SSSR count). The van der Waals surface area contributed by atoms with Gasteiger partial charge in [0.05, 0.1) is 24.4 Å². The van der Waals surface area contributed by atoms with Crippen LogP contribution in [0.5, 0.6) is 17.2 Å². The number of aromatic nitrogens is 1. The Hall–Kier alpha value is -4.40. The minimum absolute atomic E-state index is 0.0331. The lowest BCUT2D eigenvalue weighted by Crippen LogP contribution is -2.27. The summed E-state index contributed by atoms with van der Waals surface area (Å²) in [5.74, 6) is -2.22. The van der Waals surface area contributed by atoms with Crippen LogP contribution >= 0.6 is 0 Å². The molecular weight excluding hydrogens is 442 g/mol. The van der Waals surface area contributed by atoms with Gasteiger partial charge in [0.15, 0.2) is 11.5 Å². The molecule has 172 valence electrons. The molecule has 1 aliphatic rings. The topological polar surface area (TPSA) is 136 Å². The standard InChI is InChI=1S/C25H19NO8/c1-10-6-17(28)33-23-19(10)22(30)20(11(2)27)24-21(23)14(9-18(29)34-24)15-7-12-4-5-13(32-3)8-16(12)26-25(15)31/h4-8,14,30H,9H2,1-3H3,(H,26,31)/t14-/m1/s1. The van der Waals surface area contributed by atoms with Crippen molar-refractivity contribution in [2.75, 3.05) is 7.11 Å². The third-order valence-electron chi connectivity index (χ3n) is 6.09. The van der Waals surface area contributed by atoms with Crippen LogP contribution in [0.3, 0.4) is 0 Å². The number of carbonyl (C=O) groups excluding carboxylic acids is 2. The number of fused-ring (bicyclic) bond motifs is 4. The second-order valence-electron chi connectivity index (χ2n) is 8.21. The maximum absolute atomic E-state index is 13.1. The van der Waals surface area contributed by atoms with Crippen LogP contribution in [0.4, 0.5) is 0 Å². The van der Waals surface area contributed by atoms with Gasteiger partial charge in [0.2, 0.25) is 0 Å². The Morgan fingerprint density at radius 3 is 2.65 bits per heavy atom. The highest BCUT2D eigenvalue weighted by molar-refractivity contribution is 6.09. The van der Waals surface area contributed by atoms with Gasteiger partial charge in [-0.15, -0.1) is 0 Å². The van der Waals surface area contributed by atoms with Gasteiger partial charge in [0, 0.05) is 29.2 Å². The zero-order valence-electron chi connectivity index (χ0n) is 18.5. The molecule has 4 aromatic rings. The minimum Gasteiger partial charge on any atom is -0.506 e. The van der Waals surface area contributed by atoms with Crippen LogP contribution in [-0.4, -0.2) is 29.0 Å². The van der Waals surface area contributed by atoms with Gasteiger partial charge >= 0.3 is 11.6 Å². The number of carbonyl (C=O) groups is 2. The van der Waals surface area contributed by atoms with Gasteiger partial charge in [-0.3, -0.25) is 14.4 Å². The first-order chi connectivity index (χ1) is 16.2. The van der Waals surface area contributed by atoms with E-state index in [4.69, 9.17) is 13.9 Å². The number of ether oxygens (including phenoxy) is 2. The van der Waals surface area contributed by atoms with Gasteiger partial charge in [-0.05, 0) is 43.0 Å². The van der Waals surface area contributed by atoms with E-state index in [-0.39, 0.29) is 39.8 Å². The number of phenolic OH excluding ortho intramolecular Hbond substituents is 1. The molecule has 2 N–H and O–H groups in total. The van der Waals surface area contributed by atoms with Crippen LogP contribution in [-0.2, 0) is 4.79 Å². The van der Waals surface area contributed by atoms with E-state index in [9.17, 15) is 24.3 Å². The predicted octanol–water partition coefficient (Wildman–Crippen LogP) is 3.30. The fraction of sp³-hybridized carbons (Fsp3) is 0.200. The Morgan fingerprint density at radius 2 is 1.94 bits per heavy atom. The maximum atomic E-state index is 13.1. The van der Waals surface area contributed by atoms with E-state index in [0.717, 1.165) is 0 Å². The summed E-state index contributed by atoms with van der Waals surface area (Å²) in [5.41, 5.74) is -0.0608. The lowest BCUT2D eigenvalue weighted by Gasteiger charge is -2.27. The second kappa shape index (κ2) is 7.58. The summed E-state index contributed by atoms with van der Waals surface area (Å²) in [7, 11) is 1.51. The number of benzene rings is 2. The Bertz CT molecular complexity index is 1660. The summed E-state index contributed by atoms with van der Waals surface area (Å²) >= 11 is 0. The highest BCUT2D eigenvalue weighted by Crippen LogP contribution is 2.49. The number of H-pyrrole nitrogens is 1. The number of phenols is 1. The van der Waals surface area contributed by atoms with Crippen LogP contribution in [0, 0.1) is 6.92 Å². The molecule has 9 heteroatoms. The number of methoxy groups -OCH3 is 1. The molecule has 3 heterocycles. The maximum Gasteiger partial charge on any atom is 0.336 e. The van der Waals surface area contributed by atoms with Crippen molar-refractivity contribution in [2.24, 2.45) is 0 Å². The van der Waals surface area contributed by atoms with Crippen molar-refractivity contribution in [3.63, 3.8) is 0 Å². The third-order valence-corrected chi connectivity index (χ3v) is 6.09. The molecule has 0 aliphatic carbocycles. The molecule has 2 aromatic carbocycles. The van der Waals surface area contributed by atoms with Gasteiger partial charge in [-0.2, -0.15) is 0 Å². The van der Waals surface area contributed by atoms with Crippen molar-refractivity contribution in [1.29, 1.82) is 0 Å². The van der Waals surface area contributed by atoms with Gasteiger partial charge in [0.1, 0.15) is 22.6 Å². The van der Waals surface area contributed by atoms with Crippen LogP contribution in [0.15, 0.2) is 44.3 Å². The number of hydrogen-bond donors (Lipinski definition) is 2. The summed E-state index contributed by atoms with van der Waals surface area (Å²) in [4.78, 5) is 53.2. The van der Waals surface area contributed by atoms with Crippen molar-refractivity contribution in [1.82, 2.24) is 4.98 Å². The first kappa shape index (κ1) is 21.4. The summed E-state index contributed by atoms with van der Waals surface area (Å²) in [6, 6.07) is 8.00. The fourth-order valence-corrected chi connectivity index (χ4v) is 4.59. The number of esters is 1. The van der Waals surface area contributed by atoms with Crippen molar-refractivity contribution >= 4 is 33.6 Å². The summed E-state index contributed by atoms with van der Waals surface area (Å²) < 4.78 is 16.1. The van der Waals surface area contributed by atoms with E-state index in [1.807, 2.05) is 0 Å². The van der Waals surface area contributed by atoms with E-state index in [1.165, 1.54) is 20.1 Å². The Morgan fingerprint density at radius 1 is 1.18 bits per heavy atom. The number of aryl methyl sites for hydroxylation is 1. The lowest BCUT2D eigenvalue weighted by atomic mass is 9.83. The first-order valence-electron chi connectivity index (χ1n) is 10.5. The van der Waals surface area contributed by atoms with E-state index < -0.39 is 34.6 Å². The smallest absolute Gasteiger partial charge is 0.336 e. The van der Waals surface area contributed by atoms with Crippen LogP contribution in [0.25, 0.3) is 21.9 Å². The SMILES string of the molecule is COc1ccc2cc([C@H]3CC(=O)Oc4c(C(C)=O)c(O)c5c(C)cc(=O)oc5c43)c(=O)[nH]c2c1. The molecule has 1 aliphatic heterocycles. The first-order valence-corrected chi connectivity index (χ1v) is 10.5. The number of ketones is 1. The van der Waals surface area contributed by atoms with Gasteiger partial charge in [-0.25, -0.2) is 4.79 Å². The fourth-order valence-electron chi connectivity index (χ4n) is 4.59. The van der Waals surface area contributed by atoms with Crippen LogP contribution < -0.4 is 20.7 Å². The molecule has 0 fully saturated rings. The van der Waals surface area contributed by atoms with Crippen LogP contribution in [0.1, 0.15) is 46.3 Å².